The molecule has 0 atom stereocenters. The fraction of sp³-hybridized carbons (Fsp3) is 0.360. The third-order valence-electron chi connectivity index (χ3n) is 5.53. The minimum absolute atomic E-state index is 0.125. The van der Waals surface area contributed by atoms with Gasteiger partial charge in [-0.25, -0.2) is 4.39 Å². The molecule has 0 bridgehead atoms. The van der Waals surface area contributed by atoms with Crippen molar-refractivity contribution in [3.05, 3.63) is 80.9 Å². The predicted octanol–water partition coefficient (Wildman–Crippen LogP) is 4.11. The van der Waals surface area contributed by atoms with E-state index in [0.29, 0.717) is 23.8 Å². The molecule has 0 spiro atoms. The Balaban J connectivity index is 1.84. The van der Waals surface area contributed by atoms with Gasteiger partial charge in [0.2, 0.25) is 0 Å². The molecular weight excluding hydrogens is 423 g/mol. The number of halogens is 1. The van der Waals surface area contributed by atoms with Crippen molar-refractivity contribution in [1.29, 1.82) is 0 Å². The molecule has 2 N–H and O–H groups in total. The molecule has 1 aromatic heterocycles. The number of rotatable bonds is 8. The van der Waals surface area contributed by atoms with Crippen LogP contribution in [0.25, 0.3) is 10.9 Å². The second kappa shape index (κ2) is 10.7. The maximum absolute atomic E-state index is 13.4. The molecule has 0 saturated carbocycles. The smallest absolute Gasteiger partial charge is 0.253 e. The van der Waals surface area contributed by atoms with E-state index in [4.69, 9.17) is 12.2 Å². The molecule has 32 heavy (non-hydrogen) atoms. The Morgan fingerprint density at radius 1 is 1.06 bits per heavy atom. The number of pyridine rings is 1. The number of H-pyrrole nitrogens is 1. The highest BCUT2D eigenvalue weighted by atomic mass is 32.1. The molecule has 7 heteroatoms. The lowest BCUT2D eigenvalue weighted by Gasteiger charge is -2.26. The minimum Gasteiger partial charge on any atom is -0.363 e. The zero-order valence-electron chi connectivity index (χ0n) is 19.2. The van der Waals surface area contributed by atoms with Crippen LogP contribution in [0.3, 0.4) is 0 Å². The number of thiocarbonyl (C=S) groups is 1. The van der Waals surface area contributed by atoms with Crippen molar-refractivity contribution in [2.45, 2.75) is 33.4 Å². The van der Waals surface area contributed by atoms with Crippen molar-refractivity contribution in [3.8, 4) is 0 Å². The van der Waals surface area contributed by atoms with Gasteiger partial charge in [-0.15, -0.1) is 0 Å². The number of nitrogens with zero attached hydrogens (tertiary/aromatic N) is 2. The van der Waals surface area contributed by atoms with Crippen LogP contribution < -0.4 is 10.9 Å². The molecular formula is C25H31FN4OS. The number of aryl methyl sites for hydroxylation is 2. The molecule has 0 saturated heterocycles. The number of hydrogen-bond acceptors (Lipinski definition) is 3. The molecule has 0 amide bonds. The van der Waals surface area contributed by atoms with E-state index in [1.54, 1.807) is 12.1 Å². The topological polar surface area (TPSA) is 51.4 Å². The highest BCUT2D eigenvalue weighted by Gasteiger charge is 2.14. The van der Waals surface area contributed by atoms with Gasteiger partial charge in [0.25, 0.3) is 5.56 Å². The lowest BCUT2D eigenvalue weighted by atomic mass is 10.0. The van der Waals surface area contributed by atoms with Gasteiger partial charge in [0, 0.05) is 24.2 Å². The summed E-state index contributed by atoms with van der Waals surface area (Å²) >= 11 is 5.67. The molecule has 5 nitrogen and oxygen atoms in total. The first kappa shape index (κ1) is 23.9. The largest absolute Gasteiger partial charge is 0.363 e. The van der Waals surface area contributed by atoms with E-state index in [9.17, 15) is 9.18 Å². The Hall–Kier alpha value is -2.77. The highest BCUT2D eigenvalue weighted by molar-refractivity contribution is 7.80. The van der Waals surface area contributed by atoms with Gasteiger partial charge in [-0.2, -0.15) is 0 Å². The Kier molecular flexibility index (Phi) is 7.99. The van der Waals surface area contributed by atoms with Crippen LogP contribution in [0.15, 0.2) is 47.3 Å². The van der Waals surface area contributed by atoms with Crippen LogP contribution in [-0.2, 0) is 13.1 Å². The Morgan fingerprint density at radius 3 is 2.44 bits per heavy atom. The second-order valence-corrected chi connectivity index (χ2v) is 8.91. The van der Waals surface area contributed by atoms with Crippen LogP contribution in [0.1, 0.15) is 28.7 Å². The minimum atomic E-state index is -0.277. The average molecular weight is 455 g/mol. The van der Waals surface area contributed by atoms with Crippen LogP contribution in [0.2, 0.25) is 0 Å². The van der Waals surface area contributed by atoms with E-state index in [2.05, 4.69) is 28.2 Å². The monoisotopic (exact) mass is 454 g/mol. The Labute approximate surface area is 194 Å². The molecule has 170 valence electrons. The van der Waals surface area contributed by atoms with Crippen LogP contribution in [0, 0.1) is 19.7 Å². The molecule has 0 unspecified atom stereocenters. The van der Waals surface area contributed by atoms with Crippen LogP contribution in [0.4, 0.5) is 4.39 Å². The van der Waals surface area contributed by atoms with Gasteiger partial charge in [0.1, 0.15) is 5.82 Å². The van der Waals surface area contributed by atoms with E-state index in [1.165, 1.54) is 17.7 Å². The number of aromatic amines is 1. The molecule has 0 aliphatic rings. The zero-order valence-corrected chi connectivity index (χ0v) is 20.0. The predicted molar refractivity (Wildman–Crippen MR) is 133 cm³/mol. The van der Waals surface area contributed by atoms with Gasteiger partial charge in [-0.05, 0) is 106 Å². The number of fused-ring (bicyclic) bond motifs is 1. The summed E-state index contributed by atoms with van der Waals surface area (Å²) in [5, 5.41) is 4.88. The first-order valence-electron chi connectivity index (χ1n) is 10.8. The van der Waals surface area contributed by atoms with Crippen molar-refractivity contribution < 1.29 is 4.39 Å². The number of benzene rings is 2. The van der Waals surface area contributed by atoms with Crippen LogP contribution in [-0.4, -0.2) is 47.1 Å². The summed E-state index contributed by atoms with van der Waals surface area (Å²) in [7, 11) is 4.07. The van der Waals surface area contributed by atoms with Gasteiger partial charge in [-0.1, -0.05) is 12.1 Å². The maximum atomic E-state index is 13.4. The molecule has 1 heterocycles. The van der Waals surface area contributed by atoms with Crippen LogP contribution >= 0.6 is 12.2 Å². The van der Waals surface area contributed by atoms with Gasteiger partial charge in [0.15, 0.2) is 5.11 Å². The first-order valence-corrected chi connectivity index (χ1v) is 11.2. The zero-order chi connectivity index (χ0) is 23.3. The van der Waals surface area contributed by atoms with Crippen molar-refractivity contribution in [2.75, 3.05) is 27.2 Å². The molecule has 0 aliphatic heterocycles. The van der Waals surface area contributed by atoms with Gasteiger partial charge in [-0.3, -0.25) is 4.79 Å². The number of nitrogens with one attached hydrogen (secondary N) is 2. The third kappa shape index (κ3) is 6.37. The summed E-state index contributed by atoms with van der Waals surface area (Å²) < 4.78 is 13.4. The summed E-state index contributed by atoms with van der Waals surface area (Å²) in [4.78, 5) is 19.9. The fourth-order valence-electron chi connectivity index (χ4n) is 3.56. The molecule has 3 aromatic rings. The van der Waals surface area contributed by atoms with Crippen molar-refractivity contribution in [1.82, 2.24) is 20.1 Å². The lowest BCUT2D eigenvalue weighted by Crippen LogP contribution is -2.40. The van der Waals surface area contributed by atoms with E-state index in [-0.39, 0.29) is 11.4 Å². The highest BCUT2D eigenvalue weighted by Crippen LogP contribution is 2.18. The summed E-state index contributed by atoms with van der Waals surface area (Å²) in [6.07, 6.45) is 0.951. The normalized spacial score (nSPS) is 11.2. The first-order chi connectivity index (χ1) is 15.2. The summed E-state index contributed by atoms with van der Waals surface area (Å²) in [5.74, 6) is -0.277. The number of aromatic nitrogens is 1. The maximum Gasteiger partial charge on any atom is 0.253 e. The molecule has 0 aliphatic carbocycles. The third-order valence-corrected chi connectivity index (χ3v) is 5.93. The summed E-state index contributed by atoms with van der Waals surface area (Å²) in [5.41, 5.74) is 4.59. The van der Waals surface area contributed by atoms with Crippen LogP contribution in [0.5, 0.6) is 0 Å². The number of hydrogen-bond donors (Lipinski definition) is 2. The van der Waals surface area contributed by atoms with Gasteiger partial charge >= 0.3 is 0 Å². The van der Waals surface area contributed by atoms with E-state index >= 15 is 0 Å². The van der Waals surface area contributed by atoms with Gasteiger partial charge in [0.05, 0.1) is 6.54 Å². The van der Waals surface area contributed by atoms with E-state index in [0.717, 1.165) is 41.5 Å². The van der Waals surface area contributed by atoms with Gasteiger partial charge < -0.3 is 20.1 Å². The molecule has 3 rings (SSSR count). The molecule has 0 fully saturated rings. The Morgan fingerprint density at radius 2 is 1.75 bits per heavy atom. The SMILES string of the molecule is Cc1cc2cc(CN(Cc3ccc(F)cc3)C(=S)NCCCN(C)C)c(=O)[nH]c2cc1C. The quantitative estimate of drug-likeness (QED) is 0.396. The second-order valence-electron chi connectivity index (χ2n) is 8.52. The Bertz CT molecular complexity index is 1140. The fourth-order valence-corrected chi connectivity index (χ4v) is 3.79. The molecule has 0 radical (unpaired) electrons. The van der Waals surface area contributed by atoms with Crippen molar-refractivity contribution >= 4 is 28.2 Å². The summed E-state index contributed by atoms with van der Waals surface area (Å²) in [6, 6.07) is 12.4. The van der Waals surface area contributed by atoms with E-state index < -0.39 is 0 Å². The van der Waals surface area contributed by atoms with E-state index in [1.807, 2.05) is 38.1 Å². The standard InChI is InChI=1S/C25H31FN4OS/c1-17-12-20-14-21(24(31)28-23(20)13-18(17)2)16-30(15-19-6-8-22(26)9-7-19)25(32)27-10-5-11-29(3)4/h6-9,12-14H,5,10-11,15-16H2,1-4H3,(H,27,32)(H,28,31). The molecule has 2 aromatic carbocycles. The van der Waals surface area contributed by atoms with Crippen molar-refractivity contribution in [2.24, 2.45) is 0 Å². The summed E-state index contributed by atoms with van der Waals surface area (Å²) in [6.45, 7) is 6.62. The average Bonchev–Trinajstić information content (AvgIpc) is 2.74. The van der Waals surface area contributed by atoms with Crippen molar-refractivity contribution in [3.63, 3.8) is 0 Å². The lowest BCUT2D eigenvalue weighted by molar-refractivity contribution is 0.383.